The van der Waals surface area contributed by atoms with Crippen molar-refractivity contribution in [1.29, 1.82) is 0 Å². The largest absolute Gasteiger partial charge is 0.463 e. The standard InChI is InChI=1S/C14H19N3O4/c1-5-20-13(18)11-8(2)15-14(19)16-12(11)9-6-7-10(21-9)17(3)4/h6-7,12H,5H2,1-4H3,(H2,15,16,19). The number of esters is 1. The smallest absolute Gasteiger partial charge is 0.338 e. The summed E-state index contributed by atoms with van der Waals surface area (Å²) in [6.45, 7) is 3.65. The summed E-state index contributed by atoms with van der Waals surface area (Å²) in [6.07, 6.45) is 0. The zero-order chi connectivity index (χ0) is 15.6. The van der Waals surface area contributed by atoms with E-state index in [1.807, 2.05) is 14.1 Å². The highest BCUT2D eigenvalue weighted by molar-refractivity contribution is 5.94. The van der Waals surface area contributed by atoms with Gasteiger partial charge in [-0.05, 0) is 19.9 Å². The summed E-state index contributed by atoms with van der Waals surface area (Å²) in [5.41, 5.74) is 0.807. The molecule has 0 bridgehead atoms. The van der Waals surface area contributed by atoms with Crippen molar-refractivity contribution in [3.63, 3.8) is 0 Å². The van der Waals surface area contributed by atoms with Crippen LogP contribution in [0, 0.1) is 0 Å². The van der Waals surface area contributed by atoms with Crippen LogP contribution in [0.2, 0.25) is 0 Å². The van der Waals surface area contributed by atoms with E-state index in [1.165, 1.54) is 0 Å². The van der Waals surface area contributed by atoms with E-state index in [9.17, 15) is 9.59 Å². The lowest BCUT2D eigenvalue weighted by atomic mass is 10.0. The number of carbonyl (C=O) groups excluding carboxylic acids is 2. The second-order valence-corrected chi connectivity index (χ2v) is 4.86. The van der Waals surface area contributed by atoms with Gasteiger partial charge in [0, 0.05) is 25.9 Å². The lowest BCUT2D eigenvalue weighted by Gasteiger charge is -2.26. The number of allylic oxidation sites excluding steroid dienone is 1. The van der Waals surface area contributed by atoms with Crippen molar-refractivity contribution in [2.75, 3.05) is 25.6 Å². The van der Waals surface area contributed by atoms with E-state index in [2.05, 4.69) is 10.6 Å². The first-order valence-electron chi connectivity index (χ1n) is 6.66. The van der Waals surface area contributed by atoms with Crippen LogP contribution in [0.1, 0.15) is 25.6 Å². The second-order valence-electron chi connectivity index (χ2n) is 4.86. The van der Waals surface area contributed by atoms with Gasteiger partial charge in [0.1, 0.15) is 11.8 Å². The molecule has 21 heavy (non-hydrogen) atoms. The lowest BCUT2D eigenvalue weighted by Crippen LogP contribution is -2.45. The average Bonchev–Trinajstić information content (AvgIpc) is 2.87. The van der Waals surface area contributed by atoms with Crippen LogP contribution in [-0.2, 0) is 9.53 Å². The maximum absolute atomic E-state index is 12.1. The van der Waals surface area contributed by atoms with E-state index in [4.69, 9.17) is 9.15 Å². The second kappa shape index (κ2) is 5.90. The fraction of sp³-hybridized carbons (Fsp3) is 0.429. The van der Waals surface area contributed by atoms with Gasteiger partial charge >= 0.3 is 12.0 Å². The normalized spacial score (nSPS) is 18.1. The minimum absolute atomic E-state index is 0.261. The Morgan fingerprint density at radius 2 is 2.14 bits per heavy atom. The number of nitrogens with one attached hydrogen (secondary N) is 2. The van der Waals surface area contributed by atoms with Crippen LogP contribution >= 0.6 is 0 Å². The van der Waals surface area contributed by atoms with Gasteiger partial charge in [-0.3, -0.25) is 0 Å². The number of rotatable bonds is 4. The maximum atomic E-state index is 12.1. The molecule has 1 aromatic rings. The SMILES string of the molecule is CCOC(=O)C1=C(C)NC(=O)NC1c1ccc(N(C)C)o1. The van der Waals surface area contributed by atoms with Gasteiger partial charge in [-0.15, -0.1) is 0 Å². The number of nitrogens with zero attached hydrogens (tertiary/aromatic N) is 1. The quantitative estimate of drug-likeness (QED) is 0.823. The molecule has 0 radical (unpaired) electrons. The van der Waals surface area contributed by atoms with Crippen LogP contribution in [0.4, 0.5) is 10.7 Å². The van der Waals surface area contributed by atoms with Gasteiger partial charge in [0.15, 0.2) is 5.88 Å². The molecule has 114 valence electrons. The molecule has 2 amide bonds. The predicted octanol–water partition coefficient (Wildman–Crippen LogP) is 1.54. The number of amides is 2. The minimum atomic E-state index is -0.661. The van der Waals surface area contributed by atoms with E-state index in [1.54, 1.807) is 30.9 Å². The fourth-order valence-electron chi connectivity index (χ4n) is 2.12. The van der Waals surface area contributed by atoms with Gasteiger partial charge in [0.25, 0.3) is 0 Å². The van der Waals surface area contributed by atoms with Gasteiger partial charge in [-0.1, -0.05) is 0 Å². The summed E-state index contributed by atoms with van der Waals surface area (Å²) in [6, 6.07) is 2.47. The van der Waals surface area contributed by atoms with Gasteiger partial charge < -0.3 is 24.7 Å². The first kappa shape index (κ1) is 15.0. The average molecular weight is 293 g/mol. The molecule has 2 N–H and O–H groups in total. The summed E-state index contributed by atoms with van der Waals surface area (Å²) < 4.78 is 10.7. The number of anilines is 1. The molecule has 0 spiro atoms. The summed E-state index contributed by atoms with van der Waals surface area (Å²) in [4.78, 5) is 25.6. The zero-order valence-electron chi connectivity index (χ0n) is 12.5. The Bertz CT molecular complexity index is 589. The van der Waals surface area contributed by atoms with E-state index < -0.39 is 12.0 Å². The van der Waals surface area contributed by atoms with Gasteiger partial charge in [-0.2, -0.15) is 0 Å². The molecule has 0 aromatic carbocycles. The van der Waals surface area contributed by atoms with Gasteiger partial charge in [0.05, 0.1) is 12.2 Å². The van der Waals surface area contributed by atoms with Crippen molar-refractivity contribution >= 4 is 17.9 Å². The van der Waals surface area contributed by atoms with Crippen molar-refractivity contribution < 1.29 is 18.7 Å². The molecule has 2 rings (SSSR count). The van der Waals surface area contributed by atoms with Gasteiger partial charge in [0.2, 0.25) is 0 Å². The molecule has 7 heteroatoms. The van der Waals surface area contributed by atoms with E-state index in [0.717, 1.165) is 0 Å². The van der Waals surface area contributed by atoms with Crippen molar-refractivity contribution in [3.8, 4) is 0 Å². The Kier molecular flexibility index (Phi) is 4.21. The summed E-state index contributed by atoms with van der Waals surface area (Å²) in [5, 5.41) is 5.26. The number of hydrogen-bond donors (Lipinski definition) is 2. The van der Waals surface area contributed by atoms with E-state index >= 15 is 0 Å². The summed E-state index contributed by atoms with van der Waals surface area (Å²) >= 11 is 0. The maximum Gasteiger partial charge on any atom is 0.338 e. The third kappa shape index (κ3) is 3.01. The Morgan fingerprint density at radius 3 is 2.71 bits per heavy atom. The van der Waals surface area contributed by atoms with Crippen molar-refractivity contribution in [1.82, 2.24) is 10.6 Å². The van der Waals surface area contributed by atoms with Crippen LogP contribution in [0.3, 0.4) is 0 Å². The summed E-state index contributed by atoms with van der Waals surface area (Å²) in [5.74, 6) is 0.643. The van der Waals surface area contributed by atoms with Crippen LogP contribution in [0.5, 0.6) is 0 Å². The van der Waals surface area contributed by atoms with Crippen LogP contribution in [0.15, 0.2) is 27.8 Å². The molecule has 1 atom stereocenters. The number of urea groups is 1. The number of carbonyl (C=O) groups is 2. The van der Waals surface area contributed by atoms with Crippen LogP contribution < -0.4 is 15.5 Å². The monoisotopic (exact) mass is 293 g/mol. The first-order valence-corrected chi connectivity index (χ1v) is 6.66. The number of furan rings is 1. The molecule has 2 heterocycles. The zero-order valence-corrected chi connectivity index (χ0v) is 12.5. The fourth-order valence-corrected chi connectivity index (χ4v) is 2.12. The predicted molar refractivity (Wildman–Crippen MR) is 76.8 cm³/mol. The molecule has 1 unspecified atom stereocenters. The van der Waals surface area contributed by atoms with Gasteiger partial charge in [-0.25, -0.2) is 9.59 Å². The molecule has 0 saturated carbocycles. The molecule has 0 fully saturated rings. The molecule has 7 nitrogen and oxygen atoms in total. The van der Waals surface area contributed by atoms with Crippen LogP contribution in [-0.4, -0.2) is 32.7 Å². The number of ether oxygens (including phenoxy) is 1. The van der Waals surface area contributed by atoms with E-state index in [-0.39, 0.29) is 12.6 Å². The third-order valence-corrected chi connectivity index (χ3v) is 3.10. The van der Waals surface area contributed by atoms with Crippen molar-refractivity contribution in [3.05, 3.63) is 29.2 Å². The first-order chi connectivity index (χ1) is 9.93. The van der Waals surface area contributed by atoms with E-state index in [0.29, 0.717) is 22.9 Å². The highest BCUT2D eigenvalue weighted by atomic mass is 16.5. The molecule has 0 aliphatic carbocycles. The van der Waals surface area contributed by atoms with Crippen molar-refractivity contribution in [2.24, 2.45) is 0 Å². The molecule has 0 saturated heterocycles. The van der Waals surface area contributed by atoms with Crippen LogP contribution in [0.25, 0.3) is 0 Å². The Hall–Kier alpha value is -2.44. The Labute approximate surface area is 122 Å². The topological polar surface area (TPSA) is 83.8 Å². The third-order valence-electron chi connectivity index (χ3n) is 3.10. The minimum Gasteiger partial charge on any atom is -0.463 e. The van der Waals surface area contributed by atoms with Crippen molar-refractivity contribution in [2.45, 2.75) is 19.9 Å². The highest BCUT2D eigenvalue weighted by Crippen LogP contribution is 2.30. The Morgan fingerprint density at radius 1 is 1.43 bits per heavy atom. The molecule has 1 aromatic heterocycles. The molecular weight excluding hydrogens is 274 g/mol. The number of hydrogen-bond acceptors (Lipinski definition) is 5. The summed E-state index contributed by atoms with van der Waals surface area (Å²) in [7, 11) is 3.69. The Balaban J connectivity index is 2.39. The molecular formula is C14H19N3O4. The molecule has 1 aliphatic rings. The lowest BCUT2D eigenvalue weighted by molar-refractivity contribution is -0.139. The molecule has 1 aliphatic heterocycles. The highest BCUT2D eigenvalue weighted by Gasteiger charge is 2.34.